The third kappa shape index (κ3) is 3.79. The van der Waals surface area contributed by atoms with Crippen molar-refractivity contribution in [1.29, 1.82) is 0 Å². The molecule has 2 aromatic rings. The van der Waals surface area contributed by atoms with Gasteiger partial charge in [0.25, 0.3) is 0 Å². The molecule has 0 saturated carbocycles. The SMILES string of the molecule is Cc1ccc(CSCc2ccccc2Cl)cc1. The summed E-state index contributed by atoms with van der Waals surface area (Å²) in [7, 11) is 0. The summed E-state index contributed by atoms with van der Waals surface area (Å²) in [5.74, 6) is 2.00. The van der Waals surface area contributed by atoms with Gasteiger partial charge < -0.3 is 0 Å². The van der Waals surface area contributed by atoms with E-state index in [1.54, 1.807) is 0 Å². The molecule has 2 heteroatoms. The van der Waals surface area contributed by atoms with Gasteiger partial charge in [0, 0.05) is 16.5 Å². The predicted molar refractivity (Wildman–Crippen MR) is 77.6 cm³/mol. The van der Waals surface area contributed by atoms with Crippen molar-refractivity contribution in [2.24, 2.45) is 0 Å². The van der Waals surface area contributed by atoms with E-state index in [1.165, 1.54) is 16.7 Å². The fourth-order valence-electron chi connectivity index (χ4n) is 1.58. The van der Waals surface area contributed by atoms with Crippen molar-refractivity contribution in [1.82, 2.24) is 0 Å². The van der Waals surface area contributed by atoms with Crippen LogP contribution in [0, 0.1) is 6.92 Å². The van der Waals surface area contributed by atoms with E-state index in [4.69, 9.17) is 11.6 Å². The average Bonchev–Trinajstić information content (AvgIpc) is 2.34. The summed E-state index contributed by atoms with van der Waals surface area (Å²) in [5.41, 5.74) is 3.89. The molecular weight excluding hydrogens is 248 g/mol. The zero-order valence-corrected chi connectivity index (χ0v) is 11.4. The van der Waals surface area contributed by atoms with Crippen LogP contribution >= 0.6 is 23.4 Å². The first kappa shape index (κ1) is 12.5. The molecule has 0 atom stereocenters. The Hall–Kier alpha value is -0.920. The largest absolute Gasteiger partial charge is 0.152 e. The zero-order valence-electron chi connectivity index (χ0n) is 9.82. The summed E-state index contributed by atoms with van der Waals surface area (Å²) < 4.78 is 0. The molecule has 0 aliphatic rings. The van der Waals surface area contributed by atoms with Crippen molar-refractivity contribution in [3.63, 3.8) is 0 Å². The van der Waals surface area contributed by atoms with E-state index in [-0.39, 0.29) is 0 Å². The molecule has 2 rings (SSSR count). The molecule has 0 N–H and O–H groups in total. The van der Waals surface area contributed by atoms with Crippen molar-refractivity contribution in [2.75, 3.05) is 0 Å². The van der Waals surface area contributed by atoms with Crippen molar-refractivity contribution >= 4 is 23.4 Å². The maximum Gasteiger partial charge on any atom is 0.0446 e. The van der Waals surface area contributed by atoms with Gasteiger partial charge in [-0.05, 0) is 24.1 Å². The molecule has 0 bridgehead atoms. The van der Waals surface area contributed by atoms with Gasteiger partial charge in [-0.3, -0.25) is 0 Å². The number of thioether (sulfide) groups is 1. The van der Waals surface area contributed by atoms with Crippen LogP contribution in [0.3, 0.4) is 0 Å². The first-order valence-corrected chi connectivity index (χ1v) is 7.15. The lowest BCUT2D eigenvalue weighted by atomic mass is 10.2. The van der Waals surface area contributed by atoms with Gasteiger partial charge in [-0.25, -0.2) is 0 Å². The normalized spacial score (nSPS) is 10.5. The molecule has 88 valence electrons. The molecule has 2 aromatic carbocycles. The summed E-state index contributed by atoms with van der Waals surface area (Å²) in [6, 6.07) is 16.7. The third-order valence-corrected chi connectivity index (χ3v) is 4.03. The Morgan fingerprint density at radius 3 is 2.35 bits per heavy atom. The minimum absolute atomic E-state index is 0.865. The van der Waals surface area contributed by atoms with Gasteiger partial charge >= 0.3 is 0 Å². The van der Waals surface area contributed by atoms with Crippen molar-refractivity contribution in [3.8, 4) is 0 Å². The standard InChI is InChI=1S/C15H15ClS/c1-12-6-8-13(9-7-12)10-17-11-14-4-2-3-5-15(14)16/h2-9H,10-11H2,1H3. The maximum atomic E-state index is 6.11. The molecule has 0 heterocycles. The third-order valence-electron chi connectivity index (χ3n) is 2.60. The Morgan fingerprint density at radius 2 is 1.65 bits per heavy atom. The van der Waals surface area contributed by atoms with Crippen LogP contribution in [0.4, 0.5) is 0 Å². The van der Waals surface area contributed by atoms with Gasteiger partial charge in [0.15, 0.2) is 0 Å². The van der Waals surface area contributed by atoms with Crippen LogP contribution in [0.25, 0.3) is 0 Å². The Kier molecular flexibility index (Phi) is 4.52. The number of hydrogen-bond acceptors (Lipinski definition) is 1. The molecule has 0 spiro atoms. The molecule has 0 aromatic heterocycles. The van der Waals surface area contributed by atoms with E-state index in [0.717, 1.165) is 16.5 Å². The molecule has 0 saturated heterocycles. The van der Waals surface area contributed by atoms with E-state index in [9.17, 15) is 0 Å². The molecule has 0 amide bonds. The molecular formula is C15H15ClS. The Balaban J connectivity index is 1.88. The van der Waals surface area contributed by atoms with Crippen LogP contribution in [-0.2, 0) is 11.5 Å². The second-order valence-electron chi connectivity index (χ2n) is 4.07. The highest BCUT2D eigenvalue weighted by Gasteiger charge is 1.99. The predicted octanol–water partition coefficient (Wildman–Crippen LogP) is 5.08. The second kappa shape index (κ2) is 6.13. The molecule has 0 aliphatic heterocycles. The summed E-state index contributed by atoms with van der Waals surface area (Å²) >= 11 is 8.01. The van der Waals surface area contributed by atoms with Gasteiger partial charge in [0.1, 0.15) is 0 Å². The lowest BCUT2D eigenvalue weighted by Gasteiger charge is -2.04. The van der Waals surface area contributed by atoms with Crippen LogP contribution < -0.4 is 0 Å². The van der Waals surface area contributed by atoms with E-state index in [2.05, 4.69) is 37.3 Å². The number of benzene rings is 2. The molecule has 0 fully saturated rings. The quantitative estimate of drug-likeness (QED) is 0.740. The van der Waals surface area contributed by atoms with Crippen LogP contribution in [-0.4, -0.2) is 0 Å². The highest BCUT2D eigenvalue weighted by atomic mass is 35.5. The van der Waals surface area contributed by atoms with E-state index < -0.39 is 0 Å². The van der Waals surface area contributed by atoms with E-state index in [1.807, 2.05) is 30.0 Å². The zero-order chi connectivity index (χ0) is 12.1. The van der Waals surface area contributed by atoms with Crippen LogP contribution in [0.15, 0.2) is 48.5 Å². The van der Waals surface area contributed by atoms with E-state index in [0.29, 0.717) is 0 Å². The topological polar surface area (TPSA) is 0 Å². The highest BCUT2D eigenvalue weighted by Crippen LogP contribution is 2.23. The monoisotopic (exact) mass is 262 g/mol. The summed E-state index contributed by atoms with van der Waals surface area (Å²) in [6.45, 7) is 2.11. The van der Waals surface area contributed by atoms with E-state index >= 15 is 0 Å². The minimum atomic E-state index is 0.865. The molecule has 17 heavy (non-hydrogen) atoms. The molecule has 0 radical (unpaired) electrons. The van der Waals surface area contributed by atoms with Gasteiger partial charge in [-0.2, -0.15) is 11.8 Å². The molecule has 0 aliphatic carbocycles. The van der Waals surface area contributed by atoms with Gasteiger partial charge in [0.2, 0.25) is 0 Å². The Morgan fingerprint density at radius 1 is 0.941 bits per heavy atom. The first-order valence-electron chi connectivity index (χ1n) is 5.62. The van der Waals surface area contributed by atoms with Crippen LogP contribution in [0.5, 0.6) is 0 Å². The van der Waals surface area contributed by atoms with Crippen LogP contribution in [0.1, 0.15) is 16.7 Å². The number of halogens is 1. The Labute approximate surface area is 112 Å². The molecule has 0 nitrogen and oxygen atoms in total. The number of aryl methyl sites for hydroxylation is 1. The molecule has 0 unspecified atom stereocenters. The number of hydrogen-bond donors (Lipinski definition) is 0. The van der Waals surface area contributed by atoms with Gasteiger partial charge in [0.05, 0.1) is 0 Å². The smallest absolute Gasteiger partial charge is 0.0446 e. The Bertz CT molecular complexity index is 477. The van der Waals surface area contributed by atoms with Gasteiger partial charge in [-0.1, -0.05) is 59.6 Å². The minimum Gasteiger partial charge on any atom is -0.152 e. The lowest BCUT2D eigenvalue weighted by molar-refractivity contribution is 1.34. The fourth-order valence-corrected chi connectivity index (χ4v) is 2.86. The summed E-state index contributed by atoms with van der Waals surface area (Å²) in [5, 5.41) is 0.865. The van der Waals surface area contributed by atoms with Gasteiger partial charge in [-0.15, -0.1) is 0 Å². The first-order chi connectivity index (χ1) is 8.25. The van der Waals surface area contributed by atoms with Crippen molar-refractivity contribution in [2.45, 2.75) is 18.4 Å². The maximum absolute atomic E-state index is 6.11. The van der Waals surface area contributed by atoms with Crippen molar-refractivity contribution < 1.29 is 0 Å². The lowest BCUT2D eigenvalue weighted by Crippen LogP contribution is -1.85. The summed E-state index contributed by atoms with van der Waals surface area (Å²) in [4.78, 5) is 0. The summed E-state index contributed by atoms with van der Waals surface area (Å²) in [6.07, 6.45) is 0. The fraction of sp³-hybridized carbons (Fsp3) is 0.200. The second-order valence-corrected chi connectivity index (χ2v) is 5.46. The highest BCUT2D eigenvalue weighted by molar-refractivity contribution is 7.97. The average molecular weight is 263 g/mol. The van der Waals surface area contributed by atoms with Crippen LogP contribution in [0.2, 0.25) is 5.02 Å². The number of rotatable bonds is 4. The van der Waals surface area contributed by atoms with Crippen molar-refractivity contribution in [3.05, 3.63) is 70.2 Å².